The van der Waals surface area contributed by atoms with Gasteiger partial charge >= 0.3 is 0 Å². The summed E-state index contributed by atoms with van der Waals surface area (Å²) in [4.78, 5) is 14.7. The van der Waals surface area contributed by atoms with Crippen LogP contribution < -0.4 is 0 Å². The van der Waals surface area contributed by atoms with Crippen LogP contribution >= 0.6 is 0 Å². The molecule has 0 bridgehead atoms. The number of phenols is 1. The molecule has 1 aromatic carbocycles. The molecule has 2 N–H and O–H groups in total. The number of hydrogen-bond acceptors (Lipinski definition) is 3. The first-order valence-electron chi connectivity index (χ1n) is 8.20. The molecule has 0 aromatic heterocycles. The Labute approximate surface area is 132 Å². The lowest BCUT2D eigenvalue weighted by Gasteiger charge is -2.33. The minimum Gasteiger partial charge on any atom is -0.508 e. The van der Waals surface area contributed by atoms with Gasteiger partial charge in [0.25, 0.3) is 0 Å². The number of rotatable bonds is 5. The lowest BCUT2D eigenvalue weighted by molar-refractivity contribution is -0.138. The van der Waals surface area contributed by atoms with Crippen molar-refractivity contribution in [2.24, 2.45) is 11.8 Å². The van der Waals surface area contributed by atoms with E-state index in [0.717, 1.165) is 12.0 Å². The highest BCUT2D eigenvalue weighted by molar-refractivity contribution is 5.79. The number of benzene rings is 1. The van der Waals surface area contributed by atoms with Crippen molar-refractivity contribution in [2.75, 3.05) is 13.1 Å². The number of nitrogens with zero attached hydrogens (tertiary/aromatic N) is 1. The first-order valence-corrected chi connectivity index (χ1v) is 8.20. The van der Waals surface area contributed by atoms with Gasteiger partial charge in [0.1, 0.15) is 5.75 Å². The molecule has 22 heavy (non-hydrogen) atoms. The molecule has 4 heteroatoms. The van der Waals surface area contributed by atoms with E-state index >= 15 is 0 Å². The van der Waals surface area contributed by atoms with Crippen LogP contribution in [0.3, 0.4) is 0 Å². The van der Waals surface area contributed by atoms with Crippen LogP contribution in [0.2, 0.25) is 0 Å². The van der Waals surface area contributed by atoms with Crippen molar-refractivity contribution < 1.29 is 15.0 Å². The quantitative estimate of drug-likeness (QED) is 0.879. The molecule has 4 nitrogen and oxygen atoms in total. The predicted molar refractivity (Wildman–Crippen MR) is 86.6 cm³/mol. The average molecular weight is 305 g/mol. The second-order valence-electron chi connectivity index (χ2n) is 6.75. The van der Waals surface area contributed by atoms with Crippen LogP contribution in [0.15, 0.2) is 24.3 Å². The number of hydrogen-bond donors (Lipinski definition) is 2. The molecule has 1 aliphatic heterocycles. The van der Waals surface area contributed by atoms with E-state index in [0.29, 0.717) is 38.3 Å². The Balaban J connectivity index is 2.04. The standard InChI is InChI=1S/C18H27NO3/c1-13(2)11-15(12-14-3-5-16(20)6-4-14)18(22)19-9-7-17(21)8-10-19/h3-6,13,15,17,20-21H,7-12H2,1-2H3/t15-/m0/s1. The van der Waals surface area contributed by atoms with E-state index in [1.807, 2.05) is 17.0 Å². The van der Waals surface area contributed by atoms with E-state index in [1.54, 1.807) is 12.1 Å². The second kappa shape index (κ2) is 7.63. The molecule has 0 spiro atoms. The fraction of sp³-hybridized carbons (Fsp3) is 0.611. The maximum Gasteiger partial charge on any atom is 0.226 e. The number of aliphatic hydroxyl groups is 1. The minimum absolute atomic E-state index is 0.0280. The number of piperidine rings is 1. The first kappa shape index (κ1) is 16.8. The van der Waals surface area contributed by atoms with E-state index in [1.165, 1.54) is 0 Å². The maximum absolute atomic E-state index is 12.8. The van der Waals surface area contributed by atoms with Crippen molar-refractivity contribution in [1.29, 1.82) is 0 Å². The van der Waals surface area contributed by atoms with Gasteiger partial charge in [0.2, 0.25) is 5.91 Å². The monoisotopic (exact) mass is 305 g/mol. The number of phenolic OH excluding ortho intramolecular Hbond substituents is 1. The first-order chi connectivity index (χ1) is 10.5. The molecule has 1 aromatic rings. The molecule has 122 valence electrons. The highest BCUT2D eigenvalue weighted by atomic mass is 16.3. The Morgan fingerprint density at radius 1 is 1.23 bits per heavy atom. The van der Waals surface area contributed by atoms with Crippen molar-refractivity contribution in [3.05, 3.63) is 29.8 Å². The third-order valence-corrected chi connectivity index (χ3v) is 4.30. The van der Waals surface area contributed by atoms with Crippen LogP contribution in [0.5, 0.6) is 5.75 Å². The van der Waals surface area contributed by atoms with Gasteiger partial charge < -0.3 is 15.1 Å². The fourth-order valence-electron chi connectivity index (χ4n) is 3.10. The zero-order valence-electron chi connectivity index (χ0n) is 13.5. The molecule has 1 atom stereocenters. The van der Waals surface area contributed by atoms with E-state index in [9.17, 15) is 15.0 Å². The van der Waals surface area contributed by atoms with Crippen LogP contribution in [0.1, 0.15) is 38.7 Å². The van der Waals surface area contributed by atoms with E-state index in [-0.39, 0.29) is 23.7 Å². The van der Waals surface area contributed by atoms with Crippen LogP contribution in [0.4, 0.5) is 0 Å². The molecule has 1 heterocycles. The van der Waals surface area contributed by atoms with Gasteiger partial charge in [0.15, 0.2) is 0 Å². The molecule has 1 aliphatic rings. The summed E-state index contributed by atoms with van der Waals surface area (Å²) in [7, 11) is 0. The molecular weight excluding hydrogens is 278 g/mol. The topological polar surface area (TPSA) is 60.8 Å². The Kier molecular flexibility index (Phi) is 5.83. The number of aromatic hydroxyl groups is 1. The van der Waals surface area contributed by atoms with Crippen molar-refractivity contribution in [3.63, 3.8) is 0 Å². The normalized spacial score (nSPS) is 17.7. The van der Waals surface area contributed by atoms with Crippen molar-refractivity contribution >= 4 is 5.91 Å². The Morgan fingerprint density at radius 3 is 2.36 bits per heavy atom. The predicted octanol–water partition coefficient (Wildman–Crippen LogP) is 2.58. The SMILES string of the molecule is CC(C)C[C@@H](Cc1ccc(O)cc1)C(=O)N1CCC(O)CC1. The van der Waals surface area contributed by atoms with E-state index in [2.05, 4.69) is 13.8 Å². The summed E-state index contributed by atoms with van der Waals surface area (Å²) in [6, 6.07) is 7.11. The Bertz CT molecular complexity index is 476. The molecule has 0 unspecified atom stereocenters. The third-order valence-electron chi connectivity index (χ3n) is 4.30. The third kappa shape index (κ3) is 4.73. The zero-order valence-corrected chi connectivity index (χ0v) is 13.5. The van der Waals surface area contributed by atoms with E-state index < -0.39 is 0 Å². The molecule has 1 amide bonds. The van der Waals surface area contributed by atoms with Gasteiger partial charge in [0, 0.05) is 19.0 Å². The van der Waals surface area contributed by atoms with Gasteiger partial charge in [-0.25, -0.2) is 0 Å². The summed E-state index contributed by atoms with van der Waals surface area (Å²) in [6.07, 6.45) is 2.66. The number of carbonyl (C=O) groups is 1. The lowest BCUT2D eigenvalue weighted by Crippen LogP contribution is -2.43. The largest absolute Gasteiger partial charge is 0.508 e. The van der Waals surface area contributed by atoms with Gasteiger partial charge in [-0.3, -0.25) is 4.79 Å². The van der Waals surface area contributed by atoms with E-state index in [4.69, 9.17) is 0 Å². The second-order valence-corrected chi connectivity index (χ2v) is 6.75. The van der Waals surface area contributed by atoms with Crippen LogP contribution in [-0.2, 0) is 11.2 Å². The Hall–Kier alpha value is -1.55. The summed E-state index contributed by atoms with van der Waals surface area (Å²) < 4.78 is 0. The molecule has 0 radical (unpaired) electrons. The highest BCUT2D eigenvalue weighted by Crippen LogP contribution is 2.23. The summed E-state index contributed by atoms with van der Waals surface area (Å²) in [6.45, 7) is 5.59. The van der Waals surface area contributed by atoms with Crippen molar-refractivity contribution in [2.45, 2.75) is 45.6 Å². The summed E-state index contributed by atoms with van der Waals surface area (Å²) in [5.41, 5.74) is 1.08. The number of aliphatic hydroxyl groups excluding tert-OH is 1. The molecule has 1 saturated heterocycles. The molecule has 1 fully saturated rings. The molecule has 2 rings (SSSR count). The number of carbonyl (C=O) groups excluding carboxylic acids is 1. The van der Waals surface area contributed by atoms with Gasteiger partial charge in [-0.1, -0.05) is 26.0 Å². The smallest absolute Gasteiger partial charge is 0.226 e. The molecular formula is C18H27NO3. The maximum atomic E-state index is 12.8. The Morgan fingerprint density at radius 2 is 1.82 bits per heavy atom. The van der Waals surface area contributed by atoms with Gasteiger partial charge in [-0.05, 0) is 49.3 Å². The molecule has 0 aliphatic carbocycles. The van der Waals surface area contributed by atoms with Crippen molar-refractivity contribution in [3.8, 4) is 5.75 Å². The average Bonchev–Trinajstić information content (AvgIpc) is 2.48. The fourth-order valence-corrected chi connectivity index (χ4v) is 3.10. The summed E-state index contributed by atoms with van der Waals surface area (Å²) in [5.74, 6) is 0.885. The van der Waals surface area contributed by atoms with Gasteiger partial charge in [0.05, 0.1) is 6.10 Å². The number of amides is 1. The van der Waals surface area contributed by atoms with Gasteiger partial charge in [-0.2, -0.15) is 0 Å². The molecule has 0 saturated carbocycles. The zero-order chi connectivity index (χ0) is 16.1. The van der Waals surface area contributed by atoms with Crippen LogP contribution in [0.25, 0.3) is 0 Å². The number of likely N-dealkylation sites (tertiary alicyclic amines) is 1. The highest BCUT2D eigenvalue weighted by Gasteiger charge is 2.28. The lowest BCUT2D eigenvalue weighted by atomic mass is 9.89. The van der Waals surface area contributed by atoms with Crippen LogP contribution in [-0.4, -0.2) is 40.2 Å². The minimum atomic E-state index is -0.260. The summed E-state index contributed by atoms with van der Waals surface area (Å²) in [5, 5.41) is 19.0. The van der Waals surface area contributed by atoms with Gasteiger partial charge in [-0.15, -0.1) is 0 Å². The van der Waals surface area contributed by atoms with Crippen molar-refractivity contribution in [1.82, 2.24) is 4.90 Å². The van der Waals surface area contributed by atoms with Crippen LogP contribution in [0, 0.1) is 11.8 Å². The summed E-state index contributed by atoms with van der Waals surface area (Å²) >= 11 is 0.